The number of nitrogens with one attached hydrogen (secondary N) is 1. The molecule has 1 saturated heterocycles. The van der Waals surface area contributed by atoms with Crippen LogP contribution in [0.2, 0.25) is 5.02 Å². The number of benzene rings is 1. The summed E-state index contributed by atoms with van der Waals surface area (Å²) in [6.45, 7) is 3.92. The molecule has 3 heterocycles. The predicted molar refractivity (Wildman–Crippen MR) is 112 cm³/mol. The van der Waals surface area contributed by atoms with Gasteiger partial charge in [-0.15, -0.1) is 0 Å². The highest BCUT2D eigenvalue weighted by Gasteiger charge is 2.18. The number of fused-ring (bicyclic) bond motifs is 1. The van der Waals surface area contributed by atoms with Crippen molar-refractivity contribution in [2.45, 2.75) is 0 Å². The van der Waals surface area contributed by atoms with Gasteiger partial charge in [-0.05, 0) is 22.0 Å². The molecule has 27 heavy (non-hydrogen) atoms. The Bertz CT molecular complexity index is 985. The Morgan fingerprint density at radius 1 is 1.07 bits per heavy atom. The van der Waals surface area contributed by atoms with E-state index in [1.54, 1.807) is 20.3 Å². The van der Waals surface area contributed by atoms with Crippen LogP contribution in [0.15, 0.2) is 35.1 Å². The van der Waals surface area contributed by atoms with Crippen LogP contribution in [0.25, 0.3) is 16.9 Å². The SMILES string of the molecule is COc1cc(OC)c(-c2cn3cc(Br)c(N4CCNCC4)cc3n2)cc1Cl. The van der Waals surface area contributed by atoms with Gasteiger partial charge in [0.1, 0.15) is 17.1 Å². The van der Waals surface area contributed by atoms with Crippen LogP contribution >= 0.6 is 27.5 Å². The zero-order valence-electron chi connectivity index (χ0n) is 15.1. The number of pyridine rings is 1. The normalized spacial score (nSPS) is 14.6. The van der Waals surface area contributed by atoms with Gasteiger partial charge in [0.25, 0.3) is 0 Å². The summed E-state index contributed by atoms with van der Waals surface area (Å²) in [6.07, 6.45) is 4.02. The zero-order valence-corrected chi connectivity index (χ0v) is 17.5. The van der Waals surface area contributed by atoms with Crippen LogP contribution in [0.1, 0.15) is 0 Å². The fourth-order valence-electron chi connectivity index (χ4n) is 3.34. The molecule has 1 aliphatic heterocycles. The molecule has 3 aromatic rings. The molecule has 2 aromatic heterocycles. The summed E-state index contributed by atoms with van der Waals surface area (Å²) in [5.74, 6) is 1.24. The fourth-order valence-corrected chi connectivity index (χ4v) is 4.16. The number of hydrogen-bond donors (Lipinski definition) is 1. The van der Waals surface area contributed by atoms with E-state index in [2.05, 4.69) is 32.2 Å². The van der Waals surface area contributed by atoms with E-state index in [0.717, 1.165) is 53.2 Å². The van der Waals surface area contributed by atoms with E-state index in [1.165, 1.54) is 0 Å². The van der Waals surface area contributed by atoms with E-state index in [1.807, 2.05) is 22.9 Å². The first-order valence-electron chi connectivity index (χ1n) is 8.66. The van der Waals surface area contributed by atoms with Crippen LogP contribution in [0.3, 0.4) is 0 Å². The fraction of sp³-hybridized carbons (Fsp3) is 0.316. The molecule has 1 fully saturated rings. The first-order valence-corrected chi connectivity index (χ1v) is 9.83. The molecule has 0 radical (unpaired) electrons. The monoisotopic (exact) mass is 450 g/mol. The average molecular weight is 452 g/mol. The van der Waals surface area contributed by atoms with Gasteiger partial charge in [0.15, 0.2) is 0 Å². The minimum absolute atomic E-state index is 0.521. The number of aromatic nitrogens is 2. The van der Waals surface area contributed by atoms with E-state index < -0.39 is 0 Å². The van der Waals surface area contributed by atoms with Gasteiger partial charge in [-0.1, -0.05) is 11.6 Å². The molecule has 0 amide bonds. The van der Waals surface area contributed by atoms with Crippen molar-refractivity contribution in [1.29, 1.82) is 0 Å². The average Bonchev–Trinajstić information content (AvgIpc) is 3.10. The lowest BCUT2D eigenvalue weighted by atomic mass is 10.1. The molecule has 1 N–H and O–H groups in total. The van der Waals surface area contributed by atoms with Crippen molar-refractivity contribution in [3.8, 4) is 22.8 Å². The van der Waals surface area contributed by atoms with Gasteiger partial charge in [-0.25, -0.2) is 4.98 Å². The number of piperazine rings is 1. The molecule has 0 bridgehead atoms. The molecular weight excluding hydrogens is 432 g/mol. The topological polar surface area (TPSA) is 51.0 Å². The third-order valence-corrected chi connectivity index (χ3v) is 5.64. The maximum Gasteiger partial charge on any atom is 0.141 e. The summed E-state index contributed by atoms with van der Waals surface area (Å²) >= 11 is 10.0. The molecule has 8 heteroatoms. The predicted octanol–water partition coefficient (Wildman–Crippen LogP) is 3.84. The number of rotatable bonds is 4. The largest absolute Gasteiger partial charge is 0.496 e. The molecule has 0 saturated carbocycles. The maximum atomic E-state index is 6.32. The second-order valence-corrected chi connectivity index (χ2v) is 7.58. The molecule has 1 aromatic carbocycles. The van der Waals surface area contributed by atoms with E-state index >= 15 is 0 Å². The zero-order chi connectivity index (χ0) is 19.0. The molecule has 142 valence electrons. The Morgan fingerprint density at radius 3 is 2.52 bits per heavy atom. The highest BCUT2D eigenvalue weighted by Crippen LogP contribution is 2.38. The van der Waals surface area contributed by atoms with Crippen molar-refractivity contribution in [3.63, 3.8) is 0 Å². The Balaban J connectivity index is 1.79. The summed E-state index contributed by atoms with van der Waals surface area (Å²) < 4.78 is 13.8. The number of hydrogen-bond acceptors (Lipinski definition) is 5. The summed E-state index contributed by atoms with van der Waals surface area (Å²) in [7, 11) is 3.21. The quantitative estimate of drug-likeness (QED) is 0.653. The number of ether oxygens (including phenoxy) is 2. The Morgan fingerprint density at radius 2 is 1.81 bits per heavy atom. The van der Waals surface area contributed by atoms with Crippen molar-refractivity contribution in [1.82, 2.24) is 14.7 Å². The molecule has 0 atom stereocenters. The molecule has 0 spiro atoms. The number of anilines is 1. The summed E-state index contributed by atoms with van der Waals surface area (Å²) in [4.78, 5) is 7.17. The van der Waals surface area contributed by atoms with Crippen molar-refractivity contribution >= 4 is 38.9 Å². The van der Waals surface area contributed by atoms with Crippen LogP contribution in [-0.2, 0) is 0 Å². The van der Waals surface area contributed by atoms with Crippen LogP contribution in [-0.4, -0.2) is 49.8 Å². The van der Waals surface area contributed by atoms with E-state index in [-0.39, 0.29) is 0 Å². The van der Waals surface area contributed by atoms with Crippen LogP contribution < -0.4 is 19.7 Å². The highest BCUT2D eigenvalue weighted by atomic mass is 79.9. The number of nitrogens with zero attached hydrogens (tertiary/aromatic N) is 3. The Kier molecular flexibility index (Phi) is 5.16. The second-order valence-electron chi connectivity index (χ2n) is 6.32. The molecule has 1 aliphatic rings. The lowest BCUT2D eigenvalue weighted by Gasteiger charge is -2.30. The van der Waals surface area contributed by atoms with E-state index in [9.17, 15) is 0 Å². The van der Waals surface area contributed by atoms with Crippen molar-refractivity contribution in [3.05, 3.63) is 40.1 Å². The lowest BCUT2D eigenvalue weighted by molar-refractivity contribution is 0.395. The maximum absolute atomic E-state index is 6.32. The van der Waals surface area contributed by atoms with E-state index in [4.69, 9.17) is 26.1 Å². The summed E-state index contributed by atoms with van der Waals surface area (Å²) in [6, 6.07) is 5.72. The number of methoxy groups -OCH3 is 2. The smallest absolute Gasteiger partial charge is 0.141 e. The first-order chi connectivity index (χ1) is 13.1. The number of halogens is 2. The van der Waals surface area contributed by atoms with E-state index in [0.29, 0.717) is 16.5 Å². The number of imidazole rings is 1. The van der Waals surface area contributed by atoms with Gasteiger partial charge in [-0.3, -0.25) is 0 Å². The van der Waals surface area contributed by atoms with Gasteiger partial charge < -0.3 is 24.1 Å². The summed E-state index contributed by atoms with van der Waals surface area (Å²) in [5, 5.41) is 3.90. The Hall–Kier alpha value is -1.96. The lowest BCUT2D eigenvalue weighted by Crippen LogP contribution is -2.43. The third kappa shape index (κ3) is 3.47. The molecule has 6 nitrogen and oxygen atoms in total. The highest BCUT2D eigenvalue weighted by molar-refractivity contribution is 9.10. The van der Waals surface area contributed by atoms with Crippen LogP contribution in [0, 0.1) is 0 Å². The van der Waals surface area contributed by atoms with Gasteiger partial charge in [0.05, 0.1) is 35.1 Å². The second kappa shape index (κ2) is 7.58. The van der Waals surface area contributed by atoms with Gasteiger partial charge in [0, 0.05) is 56.3 Å². The van der Waals surface area contributed by atoms with Crippen molar-refractivity contribution < 1.29 is 9.47 Å². The van der Waals surface area contributed by atoms with Crippen LogP contribution in [0.5, 0.6) is 11.5 Å². The minimum Gasteiger partial charge on any atom is -0.496 e. The van der Waals surface area contributed by atoms with Crippen molar-refractivity contribution in [2.24, 2.45) is 0 Å². The van der Waals surface area contributed by atoms with Crippen LogP contribution in [0.4, 0.5) is 5.69 Å². The Labute approximate surface area is 171 Å². The molecule has 4 rings (SSSR count). The van der Waals surface area contributed by atoms with Crippen molar-refractivity contribution in [2.75, 3.05) is 45.3 Å². The van der Waals surface area contributed by atoms with Gasteiger partial charge >= 0.3 is 0 Å². The first kappa shape index (κ1) is 18.4. The molecular formula is C19H20BrClN4O2. The summed E-state index contributed by atoms with van der Waals surface area (Å²) in [5.41, 5.74) is 3.64. The minimum atomic E-state index is 0.521. The molecule has 0 unspecified atom stereocenters. The van der Waals surface area contributed by atoms with Gasteiger partial charge in [0.2, 0.25) is 0 Å². The molecule has 0 aliphatic carbocycles. The third-order valence-electron chi connectivity index (χ3n) is 4.73. The van der Waals surface area contributed by atoms with Gasteiger partial charge in [-0.2, -0.15) is 0 Å². The standard InChI is InChI=1S/C19H20BrClN4O2/c1-26-17-9-18(27-2)14(21)7-12(17)15-11-25-10-13(20)16(8-19(25)23-15)24-5-3-22-4-6-24/h7-11,22H,3-6H2,1-2H3.